The quantitative estimate of drug-likeness (QED) is 0.939. The van der Waals surface area contributed by atoms with Crippen LogP contribution in [0.3, 0.4) is 0 Å². The summed E-state index contributed by atoms with van der Waals surface area (Å²) in [6.07, 6.45) is -5.23. The van der Waals surface area contributed by atoms with Gasteiger partial charge in [-0.05, 0) is 0 Å². The largest absolute Gasteiger partial charge is 0.493 e. The van der Waals surface area contributed by atoms with Crippen molar-refractivity contribution >= 4 is 17.0 Å². The van der Waals surface area contributed by atoms with Crippen LogP contribution in [0, 0.1) is 0 Å². The Balaban J connectivity index is 2.47. The highest BCUT2D eigenvalue weighted by Crippen LogP contribution is 2.33. The number of imidazole rings is 1. The highest BCUT2D eigenvalue weighted by Gasteiger charge is 2.27. The van der Waals surface area contributed by atoms with Crippen molar-refractivity contribution in [2.75, 3.05) is 20.0 Å². The van der Waals surface area contributed by atoms with Crippen molar-refractivity contribution in [2.45, 2.75) is 19.1 Å². The summed E-state index contributed by atoms with van der Waals surface area (Å²) in [5.74, 6) is 0.883. The zero-order valence-corrected chi connectivity index (χ0v) is 11.0. The molecular weight excluding hydrogens is 275 g/mol. The molecule has 2 rings (SSSR count). The molecule has 2 aromatic rings. The van der Waals surface area contributed by atoms with Gasteiger partial charge in [-0.3, -0.25) is 0 Å². The Morgan fingerprint density at radius 3 is 2.35 bits per heavy atom. The Morgan fingerprint density at radius 1 is 1.20 bits per heavy atom. The van der Waals surface area contributed by atoms with E-state index in [4.69, 9.17) is 15.2 Å². The first-order valence-electron chi connectivity index (χ1n) is 5.80. The molecule has 0 saturated carbocycles. The van der Waals surface area contributed by atoms with Crippen LogP contribution in [0.15, 0.2) is 12.1 Å². The fraction of sp³-hybridized carbons (Fsp3) is 0.417. The average Bonchev–Trinajstić information content (AvgIpc) is 2.68. The minimum atomic E-state index is -4.25. The van der Waals surface area contributed by atoms with Crippen LogP contribution in [-0.4, -0.2) is 29.9 Å². The smallest absolute Gasteiger partial charge is 0.390 e. The van der Waals surface area contributed by atoms with E-state index in [1.54, 1.807) is 12.1 Å². The second kappa shape index (κ2) is 5.10. The number of hydrogen-bond acceptors (Lipinski definition) is 4. The number of aryl methyl sites for hydroxylation is 1. The van der Waals surface area contributed by atoms with Crippen LogP contribution in [0.1, 0.15) is 6.42 Å². The molecule has 5 nitrogen and oxygen atoms in total. The topological polar surface area (TPSA) is 62.3 Å². The van der Waals surface area contributed by atoms with Crippen LogP contribution < -0.4 is 15.2 Å². The third-order valence-corrected chi connectivity index (χ3v) is 2.90. The minimum Gasteiger partial charge on any atom is -0.493 e. The number of benzene rings is 1. The normalized spacial score (nSPS) is 11.8. The number of ether oxygens (including phenoxy) is 2. The van der Waals surface area contributed by atoms with E-state index in [0.29, 0.717) is 22.5 Å². The van der Waals surface area contributed by atoms with E-state index in [-0.39, 0.29) is 12.5 Å². The lowest BCUT2D eigenvalue weighted by Crippen LogP contribution is -2.13. The van der Waals surface area contributed by atoms with Crippen LogP contribution in [0.2, 0.25) is 0 Å². The van der Waals surface area contributed by atoms with Crippen molar-refractivity contribution in [1.82, 2.24) is 9.55 Å². The van der Waals surface area contributed by atoms with Crippen LogP contribution in [0.5, 0.6) is 11.5 Å². The van der Waals surface area contributed by atoms with E-state index in [9.17, 15) is 13.2 Å². The Hall–Kier alpha value is -2.12. The molecule has 0 radical (unpaired) electrons. The maximum Gasteiger partial charge on any atom is 0.390 e. The van der Waals surface area contributed by atoms with Gasteiger partial charge in [-0.2, -0.15) is 13.2 Å². The Kier molecular flexibility index (Phi) is 3.65. The zero-order valence-electron chi connectivity index (χ0n) is 11.0. The molecule has 0 amide bonds. The molecule has 1 aromatic heterocycles. The monoisotopic (exact) mass is 289 g/mol. The van der Waals surface area contributed by atoms with E-state index < -0.39 is 12.6 Å². The summed E-state index contributed by atoms with van der Waals surface area (Å²) in [6.45, 7) is -0.290. The van der Waals surface area contributed by atoms with Crippen LogP contribution in [0.25, 0.3) is 11.0 Å². The maximum atomic E-state index is 12.3. The van der Waals surface area contributed by atoms with Gasteiger partial charge in [0.05, 0.1) is 31.7 Å². The Labute approximate surface area is 113 Å². The number of nitrogens with two attached hydrogens (primary N) is 1. The summed E-state index contributed by atoms with van der Waals surface area (Å²) in [7, 11) is 2.91. The first-order valence-corrected chi connectivity index (χ1v) is 5.80. The number of anilines is 1. The number of alkyl halides is 3. The van der Waals surface area contributed by atoms with Crippen molar-refractivity contribution < 1.29 is 22.6 Å². The van der Waals surface area contributed by atoms with Crippen molar-refractivity contribution in [3.8, 4) is 11.5 Å². The number of methoxy groups -OCH3 is 2. The summed E-state index contributed by atoms with van der Waals surface area (Å²) in [4.78, 5) is 4.04. The van der Waals surface area contributed by atoms with Gasteiger partial charge in [-0.25, -0.2) is 4.98 Å². The molecule has 0 saturated heterocycles. The lowest BCUT2D eigenvalue weighted by molar-refractivity contribution is -0.136. The Morgan fingerprint density at radius 2 is 1.80 bits per heavy atom. The van der Waals surface area contributed by atoms with Gasteiger partial charge in [0, 0.05) is 18.7 Å². The van der Waals surface area contributed by atoms with E-state index >= 15 is 0 Å². The van der Waals surface area contributed by atoms with Gasteiger partial charge >= 0.3 is 6.18 Å². The van der Waals surface area contributed by atoms with Crippen molar-refractivity contribution in [3.05, 3.63) is 12.1 Å². The van der Waals surface area contributed by atoms with Crippen LogP contribution >= 0.6 is 0 Å². The summed E-state index contributed by atoms with van der Waals surface area (Å²) in [5, 5.41) is 0. The van der Waals surface area contributed by atoms with E-state index in [1.165, 1.54) is 18.8 Å². The van der Waals surface area contributed by atoms with Gasteiger partial charge in [0.15, 0.2) is 11.5 Å². The molecule has 8 heteroatoms. The summed E-state index contributed by atoms with van der Waals surface area (Å²) in [6, 6.07) is 3.14. The number of rotatable bonds is 4. The average molecular weight is 289 g/mol. The summed E-state index contributed by atoms with van der Waals surface area (Å²) >= 11 is 0. The van der Waals surface area contributed by atoms with Gasteiger partial charge < -0.3 is 19.8 Å². The molecule has 0 aliphatic rings. The minimum absolute atomic E-state index is 0.0274. The first kappa shape index (κ1) is 14.3. The fourth-order valence-electron chi connectivity index (χ4n) is 1.94. The maximum absolute atomic E-state index is 12.3. The molecule has 0 aliphatic carbocycles. The number of hydrogen-bond donors (Lipinski definition) is 1. The molecule has 2 N–H and O–H groups in total. The summed E-state index contributed by atoms with van der Waals surface area (Å²) in [5.41, 5.74) is 6.61. The third-order valence-electron chi connectivity index (χ3n) is 2.90. The van der Waals surface area contributed by atoms with Gasteiger partial charge in [0.1, 0.15) is 0 Å². The first-order chi connectivity index (χ1) is 9.35. The number of nitrogens with zero attached hydrogens (tertiary/aromatic N) is 2. The Bertz CT molecular complexity index is 622. The van der Waals surface area contributed by atoms with Crippen molar-refractivity contribution in [1.29, 1.82) is 0 Å². The van der Waals surface area contributed by atoms with Gasteiger partial charge in [0.2, 0.25) is 5.95 Å². The number of nitrogen functional groups attached to an aromatic ring is 1. The standard InChI is InChI=1S/C12H14F3N3O2/c1-19-9-5-7-8(6-10(9)20-2)18(11(16)17-7)4-3-12(13,14)15/h5-6H,3-4H2,1-2H3,(H2,16,17). The van der Waals surface area contributed by atoms with Gasteiger partial charge in [-0.1, -0.05) is 0 Å². The van der Waals surface area contributed by atoms with Crippen molar-refractivity contribution in [2.24, 2.45) is 0 Å². The number of aromatic nitrogens is 2. The number of halogens is 3. The third kappa shape index (κ3) is 2.73. The summed E-state index contributed by atoms with van der Waals surface area (Å²) < 4.78 is 48.5. The molecule has 0 unspecified atom stereocenters. The molecule has 0 atom stereocenters. The molecule has 0 aliphatic heterocycles. The van der Waals surface area contributed by atoms with Gasteiger partial charge in [0.25, 0.3) is 0 Å². The molecule has 110 valence electrons. The lowest BCUT2D eigenvalue weighted by Gasteiger charge is -2.11. The van der Waals surface area contributed by atoms with E-state index in [1.807, 2.05) is 0 Å². The molecule has 0 bridgehead atoms. The molecule has 1 aromatic carbocycles. The number of fused-ring (bicyclic) bond motifs is 1. The SMILES string of the molecule is COc1cc2nc(N)n(CCC(F)(F)F)c2cc1OC. The fourth-order valence-corrected chi connectivity index (χ4v) is 1.94. The predicted octanol–water partition coefficient (Wildman–Crippen LogP) is 2.59. The molecule has 0 fully saturated rings. The highest BCUT2D eigenvalue weighted by atomic mass is 19.4. The molecular formula is C12H14F3N3O2. The second-order valence-corrected chi connectivity index (χ2v) is 4.18. The zero-order chi connectivity index (χ0) is 14.9. The van der Waals surface area contributed by atoms with Crippen LogP contribution in [-0.2, 0) is 6.54 Å². The van der Waals surface area contributed by atoms with Gasteiger partial charge in [-0.15, -0.1) is 0 Å². The predicted molar refractivity (Wildman–Crippen MR) is 67.9 cm³/mol. The molecule has 20 heavy (non-hydrogen) atoms. The van der Waals surface area contributed by atoms with Crippen LogP contribution in [0.4, 0.5) is 19.1 Å². The second-order valence-electron chi connectivity index (χ2n) is 4.18. The van der Waals surface area contributed by atoms with E-state index in [0.717, 1.165) is 0 Å². The van der Waals surface area contributed by atoms with Crippen molar-refractivity contribution in [3.63, 3.8) is 0 Å². The van der Waals surface area contributed by atoms with E-state index in [2.05, 4.69) is 4.98 Å². The lowest BCUT2D eigenvalue weighted by atomic mass is 10.2. The molecule has 0 spiro atoms. The molecule has 1 heterocycles. The highest BCUT2D eigenvalue weighted by molar-refractivity contribution is 5.82.